The van der Waals surface area contributed by atoms with E-state index in [0.29, 0.717) is 23.7 Å². The minimum atomic E-state index is -0.0783. The first-order valence-corrected chi connectivity index (χ1v) is 10.4. The van der Waals surface area contributed by atoms with Crippen LogP contribution >= 0.6 is 0 Å². The molecule has 1 fully saturated rings. The predicted octanol–water partition coefficient (Wildman–Crippen LogP) is 3.76. The number of nitrogens with one attached hydrogen (secondary N) is 1. The van der Waals surface area contributed by atoms with E-state index in [1.807, 2.05) is 55.1 Å². The summed E-state index contributed by atoms with van der Waals surface area (Å²) in [6, 6.07) is 14.6. The van der Waals surface area contributed by atoms with Crippen molar-refractivity contribution in [2.75, 3.05) is 26.8 Å². The van der Waals surface area contributed by atoms with E-state index in [0.717, 1.165) is 37.4 Å². The number of amides is 2. The fourth-order valence-electron chi connectivity index (χ4n) is 3.48. The number of benzene rings is 2. The predicted molar refractivity (Wildman–Crippen MR) is 116 cm³/mol. The third-order valence-electron chi connectivity index (χ3n) is 5.26. The van der Waals surface area contributed by atoms with E-state index in [-0.39, 0.29) is 17.9 Å². The van der Waals surface area contributed by atoms with Gasteiger partial charge in [-0.3, -0.25) is 9.59 Å². The molecule has 0 saturated carbocycles. The molecule has 2 aromatic rings. The van der Waals surface area contributed by atoms with Crippen molar-refractivity contribution in [2.45, 2.75) is 32.7 Å². The Kier molecular flexibility index (Phi) is 7.33. The van der Waals surface area contributed by atoms with Gasteiger partial charge >= 0.3 is 0 Å². The smallest absolute Gasteiger partial charge is 0.253 e. The monoisotopic (exact) mass is 410 g/mol. The number of hydrogen-bond donors (Lipinski definition) is 1. The molecule has 0 bridgehead atoms. The zero-order valence-corrected chi connectivity index (χ0v) is 17.9. The quantitative estimate of drug-likeness (QED) is 0.755. The molecule has 1 saturated heterocycles. The van der Waals surface area contributed by atoms with Crippen molar-refractivity contribution in [3.63, 3.8) is 0 Å². The van der Waals surface area contributed by atoms with Crippen molar-refractivity contribution in [1.29, 1.82) is 0 Å². The summed E-state index contributed by atoms with van der Waals surface area (Å²) in [5.74, 6) is 1.90. The molecule has 2 amide bonds. The minimum absolute atomic E-state index is 0.0623. The van der Waals surface area contributed by atoms with Gasteiger partial charge in [-0.1, -0.05) is 0 Å². The molecule has 0 unspecified atom stereocenters. The highest BCUT2D eigenvalue weighted by molar-refractivity contribution is 5.94. The number of hydrogen-bond acceptors (Lipinski definition) is 4. The summed E-state index contributed by atoms with van der Waals surface area (Å²) in [5, 5.41) is 2.87. The Labute approximate surface area is 178 Å². The summed E-state index contributed by atoms with van der Waals surface area (Å²) in [4.78, 5) is 26.6. The molecule has 3 rings (SSSR count). The van der Waals surface area contributed by atoms with Gasteiger partial charge in [-0.15, -0.1) is 0 Å². The van der Waals surface area contributed by atoms with Crippen LogP contribution in [0, 0.1) is 5.92 Å². The van der Waals surface area contributed by atoms with Crippen LogP contribution in [0.25, 0.3) is 0 Å². The number of nitrogens with zero attached hydrogens (tertiary/aromatic N) is 1. The second kappa shape index (κ2) is 10.1. The van der Waals surface area contributed by atoms with Crippen LogP contribution in [0.1, 0.15) is 47.4 Å². The number of likely N-dealkylation sites (tertiary alicyclic amines) is 1. The van der Waals surface area contributed by atoms with Crippen molar-refractivity contribution in [1.82, 2.24) is 10.2 Å². The second-order valence-corrected chi connectivity index (χ2v) is 7.93. The van der Waals surface area contributed by atoms with Gasteiger partial charge in [0.2, 0.25) is 0 Å². The third-order valence-corrected chi connectivity index (χ3v) is 5.26. The van der Waals surface area contributed by atoms with Crippen LogP contribution in [0.3, 0.4) is 0 Å². The number of carbonyl (C=O) groups is 2. The minimum Gasteiger partial charge on any atom is -0.497 e. The van der Waals surface area contributed by atoms with Crippen LogP contribution in [0.2, 0.25) is 0 Å². The van der Waals surface area contributed by atoms with E-state index >= 15 is 0 Å². The van der Waals surface area contributed by atoms with Crippen molar-refractivity contribution in [2.24, 2.45) is 5.92 Å². The van der Waals surface area contributed by atoms with Gasteiger partial charge in [0, 0.05) is 30.3 Å². The molecule has 1 aliphatic rings. The summed E-state index contributed by atoms with van der Waals surface area (Å²) in [5.41, 5.74) is 1.31. The molecule has 2 aromatic carbocycles. The molecule has 0 spiro atoms. The van der Waals surface area contributed by atoms with E-state index < -0.39 is 0 Å². The topological polar surface area (TPSA) is 67.9 Å². The van der Waals surface area contributed by atoms with E-state index in [9.17, 15) is 9.59 Å². The van der Waals surface area contributed by atoms with Crippen LogP contribution in [0.15, 0.2) is 48.5 Å². The van der Waals surface area contributed by atoms with Crippen LogP contribution in [-0.2, 0) is 0 Å². The molecule has 1 N–H and O–H groups in total. The molecule has 0 atom stereocenters. The standard InChI is InChI=1S/C24H30N2O4/c1-17(2)25-23(27)19-4-10-22(11-5-19)30-16-18-12-14-26(15-13-18)24(28)20-6-8-21(29-3)9-7-20/h4-11,17-18H,12-16H2,1-3H3,(H,25,27). The zero-order chi connectivity index (χ0) is 21.5. The molecule has 0 aliphatic carbocycles. The van der Waals surface area contributed by atoms with Crippen LogP contribution in [0.5, 0.6) is 11.5 Å². The van der Waals surface area contributed by atoms with Crippen LogP contribution < -0.4 is 14.8 Å². The molecular formula is C24H30N2O4. The molecule has 6 heteroatoms. The maximum absolute atomic E-state index is 12.7. The SMILES string of the molecule is COc1ccc(C(=O)N2CCC(COc3ccc(C(=O)NC(C)C)cc3)CC2)cc1. The molecule has 30 heavy (non-hydrogen) atoms. The second-order valence-electron chi connectivity index (χ2n) is 7.93. The van der Waals surface area contributed by atoms with Crippen LogP contribution in [0.4, 0.5) is 0 Å². The van der Waals surface area contributed by atoms with Crippen molar-refractivity contribution in [3.8, 4) is 11.5 Å². The Hall–Kier alpha value is -3.02. The van der Waals surface area contributed by atoms with E-state index in [2.05, 4.69) is 5.32 Å². The highest BCUT2D eigenvalue weighted by Gasteiger charge is 2.24. The molecule has 0 aromatic heterocycles. The Morgan fingerprint density at radius 1 is 0.967 bits per heavy atom. The lowest BCUT2D eigenvalue weighted by molar-refractivity contribution is 0.0660. The maximum atomic E-state index is 12.7. The third kappa shape index (κ3) is 5.75. The summed E-state index contributed by atoms with van der Waals surface area (Å²) in [6.45, 7) is 5.94. The molecule has 1 heterocycles. The fourth-order valence-corrected chi connectivity index (χ4v) is 3.48. The van der Waals surface area contributed by atoms with Crippen molar-refractivity contribution >= 4 is 11.8 Å². The lowest BCUT2D eigenvalue weighted by Crippen LogP contribution is -2.39. The summed E-state index contributed by atoms with van der Waals surface area (Å²) >= 11 is 0. The fraction of sp³-hybridized carbons (Fsp3) is 0.417. The highest BCUT2D eigenvalue weighted by Crippen LogP contribution is 2.22. The molecule has 6 nitrogen and oxygen atoms in total. The van der Waals surface area contributed by atoms with Gasteiger partial charge in [0.15, 0.2) is 0 Å². The first kappa shape index (κ1) is 21.7. The lowest BCUT2D eigenvalue weighted by atomic mass is 9.97. The number of methoxy groups -OCH3 is 1. The van der Waals surface area contributed by atoms with Gasteiger partial charge in [-0.05, 0) is 81.1 Å². The van der Waals surface area contributed by atoms with Gasteiger partial charge in [-0.25, -0.2) is 0 Å². The summed E-state index contributed by atoms with van der Waals surface area (Å²) < 4.78 is 11.1. The normalized spacial score (nSPS) is 14.5. The summed E-state index contributed by atoms with van der Waals surface area (Å²) in [6.07, 6.45) is 1.83. The summed E-state index contributed by atoms with van der Waals surface area (Å²) in [7, 11) is 1.61. The Morgan fingerprint density at radius 3 is 2.10 bits per heavy atom. The largest absolute Gasteiger partial charge is 0.497 e. The Morgan fingerprint density at radius 2 is 1.53 bits per heavy atom. The Bertz CT molecular complexity index is 839. The van der Waals surface area contributed by atoms with Crippen molar-refractivity contribution in [3.05, 3.63) is 59.7 Å². The van der Waals surface area contributed by atoms with Gasteiger partial charge in [0.05, 0.1) is 13.7 Å². The molecular weight excluding hydrogens is 380 g/mol. The van der Waals surface area contributed by atoms with E-state index in [1.165, 1.54) is 0 Å². The number of carbonyl (C=O) groups excluding carboxylic acids is 2. The highest BCUT2D eigenvalue weighted by atomic mass is 16.5. The number of rotatable bonds is 7. The molecule has 160 valence electrons. The first-order chi connectivity index (χ1) is 14.5. The molecule has 0 radical (unpaired) electrons. The Balaban J connectivity index is 1.44. The lowest BCUT2D eigenvalue weighted by Gasteiger charge is -2.32. The average molecular weight is 411 g/mol. The first-order valence-electron chi connectivity index (χ1n) is 10.4. The van der Waals surface area contributed by atoms with Gasteiger partial charge in [-0.2, -0.15) is 0 Å². The van der Waals surface area contributed by atoms with Crippen molar-refractivity contribution < 1.29 is 19.1 Å². The van der Waals surface area contributed by atoms with E-state index in [1.54, 1.807) is 19.2 Å². The van der Waals surface area contributed by atoms with Gasteiger partial charge < -0.3 is 19.7 Å². The zero-order valence-electron chi connectivity index (χ0n) is 17.9. The number of piperidine rings is 1. The van der Waals surface area contributed by atoms with Crippen LogP contribution in [-0.4, -0.2) is 49.6 Å². The maximum Gasteiger partial charge on any atom is 0.253 e. The van der Waals surface area contributed by atoms with E-state index in [4.69, 9.17) is 9.47 Å². The number of ether oxygens (including phenoxy) is 2. The average Bonchev–Trinajstić information content (AvgIpc) is 2.77. The molecule has 1 aliphatic heterocycles. The van der Waals surface area contributed by atoms with Gasteiger partial charge in [0.1, 0.15) is 11.5 Å². The van der Waals surface area contributed by atoms with Gasteiger partial charge in [0.25, 0.3) is 11.8 Å².